The van der Waals surface area contributed by atoms with Crippen LogP contribution >= 0.6 is 0 Å². The lowest BCUT2D eigenvalue weighted by Gasteiger charge is -2.36. The predicted molar refractivity (Wildman–Crippen MR) is 115 cm³/mol. The van der Waals surface area contributed by atoms with Gasteiger partial charge in [-0.2, -0.15) is 0 Å². The quantitative estimate of drug-likeness (QED) is 0.540. The van der Waals surface area contributed by atoms with Crippen LogP contribution in [-0.4, -0.2) is 48.0 Å². The Morgan fingerprint density at radius 1 is 1.10 bits per heavy atom. The lowest BCUT2D eigenvalue weighted by Crippen LogP contribution is -2.47. The molecule has 0 aliphatic heterocycles. The number of phenols is 1. The second-order valence-corrected chi connectivity index (χ2v) is 7.87. The lowest BCUT2D eigenvalue weighted by atomic mass is 9.90. The Balaban J connectivity index is 1.41. The highest BCUT2D eigenvalue weighted by Crippen LogP contribution is 2.26. The average Bonchev–Trinajstić information content (AvgIpc) is 2.73. The van der Waals surface area contributed by atoms with Crippen LogP contribution in [-0.2, 0) is 0 Å². The number of carbonyl (C=O) groups excluding carboxylic acids is 1. The van der Waals surface area contributed by atoms with Gasteiger partial charge in [-0.3, -0.25) is 4.79 Å². The molecule has 4 N–H and O–H groups in total. The lowest BCUT2D eigenvalue weighted by molar-refractivity contribution is 0.0769. The molecule has 0 saturated heterocycles. The third kappa shape index (κ3) is 5.71. The monoisotopic (exact) mass is 397 g/mol. The smallest absolute Gasteiger partial charge is 0.257 e. The summed E-state index contributed by atoms with van der Waals surface area (Å²) in [5.41, 5.74) is 2.67. The minimum Gasteiger partial charge on any atom is -0.507 e. The number of rotatable bonds is 7. The van der Waals surface area contributed by atoms with Crippen LogP contribution < -0.4 is 15.5 Å². The van der Waals surface area contributed by atoms with Gasteiger partial charge in [-0.25, -0.2) is 0 Å². The number of aliphatic hydroxyl groups excluding tert-OH is 1. The molecule has 1 unspecified atom stereocenters. The van der Waals surface area contributed by atoms with Gasteiger partial charge in [-0.15, -0.1) is 0 Å². The van der Waals surface area contributed by atoms with Gasteiger partial charge < -0.3 is 25.7 Å². The van der Waals surface area contributed by atoms with E-state index in [1.54, 1.807) is 12.1 Å². The molecule has 0 heterocycles. The highest BCUT2D eigenvalue weighted by Gasteiger charge is 2.24. The Bertz CT molecular complexity index is 801. The molecule has 2 aromatic rings. The fraction of sp³-hybridized carbons (Fsp3) is 0.435. The van der Waals surface area contributed by atoms with E-state index < -0.39 is 12.1 Å². The topological polar surface area (TPSA) is 84.8 Å². The summed E-state index contributed by atoms with van der Waals surface area (Å²) >= 11 is 0. The molecule has 1 aliphatic rings. The Labute approximate surface area is 172 Å². The second kappa shape index (κ2) is 9.76. The first-order valence-electron chi connectivity index (χ1n) is 10.2. The molecular weight excluding hydrogens is 366 g/mol. The molecule has 156 valence electrons. The van der Waals surface area contributed by atoms with E-state index in [1.165, 1.54) is 23.4 Å². The largest absolute Gasteiger partial charge is 0.507 e. The number of carbonyl (C=O) groups is 1. The molecule has 2 aromatic carbocycles. The van der Waals surface area contributed by atoms with E-state index >= 15 is 0 Å². The summed E-state index contributed by atoms with van der Waals surface area (Å²) in [5.74, 6) is -0.581. The summed E-state index contributed by atoms with van der Waals surface area (Å²) in [4.78, 5) is 14.5. The summed E-state index contributed by atoms with van der Waals surface area (Å²) in [6, 6.07) is 15.8. The zero-order chi connectivity index (χ0) is 20.8. The summed E-state index contributed by atoms with van der Waals surface area (Å²) in [6.07, 6.45) is 3.22. The van der Waals surface area contributed by atoms with Crippen molar-refractivity contribution < 1.29 is 15.0 Å². The van der Waals surface area contributed by atoms with Gasteiger partial charge in [0.25, 0.3) is 5.91 Å². The Morgan fingerprint density at radius 3 is 2.41 bits per heavy atom. The number of amides is 1. The molecule has 1 amide bonds. The number of aromatic hydroxyl groups is 1. The molecule has 29 heavy (non-hydrogen) atoms. The van der Waals surface area contributed by atoms with Crippen molar-refractivity contribution in [2.75, 3.05) is 18.5 Å². The maximum atomic E-state index is 12.1. The molecule has 1 saturated carbocycles. The molecule has 0 spiro atoms. The number of aliphatic hydroxyl groups is 1. The van der Waals surface area contributed by atoms with Crippen LogP contribution in [0.1, 0.15) is 41.6 Å². The van der Waals surface area contributed by atoms with Gasteiger partial charge in [0.05, 0.1) is 5.56 Å². The van der Waals surface area contributed by atoms with Crippen molar-refractivity contribution in [1.29, 1.82) is 0 Å². The van der Waals surface area contributed by atoms with Gasteiger partial charge in [-0.1, -0.05) is 29.8 Å². The fourth-order valence-corrected chi connectivity index (χ4v) is 3.88. The van der Waals surface area contributed by atoms with Crippen LogP contribution in [0.25, 0.3) is 0 Å². The van der Waals surface area contributed by atoms with Gasteiger partial charge in [-0.05, 0) is 56.9 Å². The van der Waals surface area contributed by atoms with Gasteiger partial charge in [0.2, 0.25) is 0 Å². The van der Waals surface area contributed by atoms with Crippen LogP contribution in [0.2, 0.25) is 0 Å². The van der Waals surface area contributed by atoms with E-state index in [0.29, 0.717) is 12.1 Å². The van der Waals surface area contributed by atoms with E-state index in [1.807, 2.05) is 0 Å². The molecule has 3 rings (SSSR count). The number of nitrogens with zero attached hydrogens (tertiary/aromatic N) is 1. The first kappa shape index (κ1) is 21.1. The molecule has 1 atom stereocenters. The van der Waals surface area contributed by atoms with Crippen LogP contribution in [0.15, 0.2) is 48.5 Å². The van der Waals surface area contributed by atoms with Gasteiger partial charge in [0.1, 0.15) is 12.0 Å². The van der Waals surface area contributed by atoms with Crippen molar-refractivity contribution >= 4 is 11.6 Å². The summed E-state index contributed by atoms with van der Waals surface area (Å²) in [7, 11) is 2.15. The molecule has 6 nitrogen and oxygen atoms in total. The summed E-state index contributed by atoms with van der Waals surface area (Å²) in [6.45, 7) is 2.38. The van der Waals surface area contributed by atoms with Crippen LogP contribution in [0.4, 0.5) is 5.69 Å². The van der Waals surface area contributed by atoms with E-state index in [4.69, 9.17) is 0 Å². The minimum absolute atomic E-state index is 0.0961. The maximum Gasteiger partial charge on any atom is 0.257 e. The van der Waals surface area contributed by atoms with Crippen LogP contribution in [0.3, 0.4) is 0 Å². The number of phenolic OH excluding ortho intramolecular Hbond substituents is 1. The van der Waals surface area contributed by atoms with E-state index in [0.717, 1.165) is 25.7 Å². The van der Waals surface area contributed by atoms with Crippen molar-refractivity contribution in [3.05, 3.63) is 59.7 Å². The Kier molecular flexibility index (Phi) is 7.12. The number of nitrogens with one attached hydrogen (secondary N) is 2. The van der Waals surface area contributed by atoms with Crippen molar-refractivity contribution in [3.8, 4) is 5.75 Å². The SMILES string of the molecule is Cc1ccc(N(C)C2CCC(NCC(O)NC(=O)c3ccccc3O)CC2)cc1. The summed E-state index contributed by atoms with van der Waals surface area (Å²) < 4.78 is 0. The molecule has 0 bridgehead atoms. The standard InChI is InChI=1S/C23H31N3O3/c1-16-7-11-18(12-8-16)26(2)19-13-9-17(10-14-19)24-15-22(28)25-23(29)20-5-3-4-6-21(20)27/h3-8,11-12,17,19,22,24,27-28H,9-10,13-15H2,1-2H3,(H,25,29). The highest BCUT2D eigenvalue weighted by atomic mass is 16.3. The van der Waals surface area contributed by atoms with Crippen LogP contribution in [0.5, 0.6) is 5.75 Å². The number of aryl methyl sites for hydroxylation is 1. The number of para-hydroxylation sites is 1. The number of hydrogen-bond donors (Lipinski definition) is 4. The van der Waals surface area contributed by atoms with Crippen molar-refractivity contribution in [3.63, 3.8) is 0 Å². The number of benzene rings is 2. The third-order valence-corrected chi connectivity index (χ3v) is 5.73. The van der Waals surface area contributed by atoms with E-state index in [-0.39, 0.29) is 17.9 Å². The van der Waals surface area contributed by atoms with Crippen molar-refractivity contribution in [1.82, 2.24) is 10.6 Å². The molecule has 0 aromatic heterocycles. The molecular formula is C23H31N3O3. The number of anilines is 1. The molecule has 1 fully saturated rings. The first-order chi connectivity index (χ1) is 13.9. The van der Waals surface area contributed by atoms with Gasteiger partial charge >= 0.3 is 0 Å². The predicted octanol–water partition coefficient (Wildman–Crippen LogP) is 2.79. The minimum atomic E-state index is -1.00. The molecule has 0 radical (unpaired) electrons. The first-order valence-corrected chi connectivity index (χ1v) is 10.2. The van der Waals surface area contributed by atoms with Crippen molar-refractivity contribution in [2.24, 2.45) is 0 Å². The Morgan fingerprint density at radius 2 is 1.76 bits per heavy atom. The second-order valence-electron chi connectivity index (χ2n) is 7.87. The number of hydrogen-bond acceptors (Lipinski definition) is 5. The van der Waals surface area contributed by atoms with Gasteiger partial charge in [0, 0.05) is 31.4 Å². The fourth-order valence-electron chi connectivity index (χ4n) is 3.88. The summed E-state index contributed by atoms with van der Waals surface area (Å²) in [5, 5.41) is 25.7. The molecule has 1 aliphatic carbocycles. The van der Waals surface area contributed by atoms with Crippen molar-refractivity contribution in [2.45, 2.75) is 50.9 Å². The van der Waals surface area contributed by atoms with E-state index in [2.05, 4.69) is 53.8 Å². The van der Waals surface area contributed by atoms with Gasteiger partial charge in [0.15, 0.2) is 0 Å². The average molecular weight is 398 g/mol. The van der Waals surface area contributed by atoms with Crippen LogP contribution in [0, 0.1) is 6.92 Å². The molecule has 6 heteroatoms. The highest BCUT2D eigenvalue weighted by molar-refractivity contribution is 5.96. The van der Waals surface area contributed by atoms with E-state index in [9.17, 15) is 15.0 Å². The zero-order valence-corrected chi connectivity index (χ0v) is 17.1. The third-order valence-electron chi connectivity index (χ3n) is 5.73. The Hall–Kier alpha value is -2.57. The maximum absolute atomic E-state index is 12.1. The normalized spacial score (nSPS) is 20.1. The zero-order valence-electron chi connectivity index (χ0n) is 17.1.